The molecule has 1 fully saturated rings. The monoisotopic (exact) mass is 297 g/mol. The normalized spacial score (nSPS) is 26.3. The predicted octanol–water partition coefficient (Wildman–Crippen LogP) is 4.99. The van der Waals surface area contributed by atoms with Crippen LogP contribution >= 0.6 is 23.4 Å². The number of hydrogen-bond acceptors (Lipinski definition) is 2. The molecule has 1 aliphatic carbocycles. The SMILES string of the molecule is CCNC1CCC(C)(C)CC1Sc1cccc(Cl)c1. The molecule has 1 aromatic carbocycles. The third kappa shape index (κ3) is 4.40. The van der Waals surface area contributed by atoms with Crippen molar-refractivity contribution < 1.29 is 0 Å². The van der Waals surface area contributed by atoms with E-state index in [-0.39, 0.29) is 0 Å². The minimum Gasteiger partial charge on any atom is -0.313 e. The molecule has 1 N–H and O–H groups in total. The summed E-state index contributed by atoms with van der Waals surface area (Å²) in [6.07, 6.45) is 3.86. The smallest absolute Gasteiger partial charge is 0.0417 e. The van der Waals surface area contributed by atoms with Gasteiger partial charge >= 0.3 is 0 Å². The van der Waals surface area contributed by atoms with Crippen LogP contribution in [0.4, 0.5) is 0 Å². The lowest BCUT2D eigenvalue weighted by Gasteiger charge is -2.40. The molecule has 1 saturated carbocycles. The van der Waals surface area contributed by atoms with Gasteiger partial charge in [-0.2, -0.15) is 0 Å². The Hall–Kier alpha value is -0.180. The molecule has 0 bridgehead atoms. The average Bonchev–Trinajstić information content (AvgIpc) is 2.32. The lowest BCUT2D eigenvalue weighted by molar-refractivity contribution is 0.215. The van der Waals surface area contributed by atoms with Gasteiger partial charge in [-0.3, -0.25) is 0 Å². The van der Waals surface area contributed by atoms with Gasteiger partial charge in [-0.05, 0) is 49.4 Å². The van der Waals surface area contributed by atoms with Gasteiger partial charge in [-0.25, -0.2) is 0 Å². The molecule has 0 amide bonds. The molecule has 0 saturated heterocycles. The van der Waals surface area contributed by atoms with Gasteiger partial charge in [0.15, 0.2) is 0 Å². The molecule has 2 atom stereocenters. The lowest BCUT2D eigenvalue weighted by Crippen LogP contribution is -2.44. The van der Waals surface area contributed by atoms with E-state index < -0.39 is 0 Å². The van der Waals surface area contributed by atoms with Crippen molar-refractivity contribution in [3.8, 4) is 0 Å². The Morgan fingerprint density at radius 3 is 2.89 bits per heavy atom. The molecule has 19 heavy (non-hydrogen) atoms. The largest absolute Gasteiger partial charge is 0.313 e. The van der Waals surface area contributed by atoms with Crippen molar-refractivity contribution in [3.05, 3.63) is 29.3 Å². The molecule has 0 aromatic heterocycles. The Morgan fingerprint density at radius 1 is 1.42 bits per heavy atom. The Balaban J connectivity index is 2.09. The van der Waals surface area contributed by atoms with Gasteiger partial charge in [-0.1, -0.05) is 38.4 Å². The molecule has 1 aromatic rings. The summed E-state index contributed by atoms with van der Waals surface area (Å²) in [5, 5.41) is 5.13. The highest BCUT2D eigenvalue weighted by atomic mass is 35.5. The van der Waals surface area contributed by atoms with Gasteiger partial charge < -0.3 is 5.32 Å². The number of hydrogen-bond donors (Lipinski definition) is 1. The van der Waals surface area contributed by atoms with Gasteiger partial charge in [-0.15, -0.1) is 11.8 Å². The molecule has 0 heterocycles. The van der Waals surface area contributed by atoms with Gasteiger partial charge in [0.05, 0.1) is 0 Å². The van der Waals surface area contributed by atoms with Gasteiger partial charge in [0.25, 0.3) is 0 Å². The Labute approximate surface area is 126 Å². The topological polar surface area (TPSA) is 12.0 Å². The zero-order chi connectivity index (χ0) is 13.9. The summed E-state index contributed by atoms with van der Waals surface area (Å²) >= 11 is 8.07. The molecule has 0 radical (unpaired) electrons. The maximum Gasteiger partial charge on any atom is 0.0417 e. The van der Waals surface area contributed by atoms with E-state index >= 15 is 0 Å². The summed E-state index contributed by atoms with van der Waals surface area (Å²) in [7, 11) is 0. The Bertz CT molecular complexity index is 419. The molecule has 1 nitrogen and oxygen atoms in total. The molecular weight excluding hydrogens is 274 g/mol. The van der Waals surface area contributed by atoms with Gasteiger partial charge in [0.2, 0.25) is 0 Å². The quantitative estimate of drug-likeness (QED) is 0.840. The maximum absolute atomic E-state index is 6.09. The fraction of sp³-hybridized carbons (Fsp3) is 0.625. The zero-order valence-corrected chi connectivity index (χ0v) is 13.7. The van der Waals surface area contributed by atoms with Crippen LogP contribution in [0, 0.1) is 5.41 Å². The van der Waals surface area contributed by atoms with Crippen molar-refractivity contribution in [2.45, 2.75) is 56.2 Å². The third-order valence-corrected chi connectivity index (χ3v) is 5.44. The highest BCUT2D eigenvalue weighted by Gasteiger charge is 2.34. The van der Waals surface area contributed by atoms with E-state index in [1.165, 1.54) is 24.2 Å². The highest BCUT2D eigenvalue weighted by Crippen LogP contribution is 2.42. The van der Waals surface area contributed by atoms with E-state index in [4.69, 9.17) is 11.6 Å². The van der Waals surface area contributed by atoms with Gasteiger partial charge in [0.1, 0.15) is 0 Å². The molecule has 2 unspecified atom stereocenters. The molecule has 0 aliphatic heterocycles. The Kier molecular flexibility index (Phi) is 5.22. The summed E-state index contributed by atoms with van der Waals surface area (Å²) in [4.78, 5) is 1.29. The first-order valence-electron chi connectivity index (χ1n) is 7.16. The van der Waals surface area contributed by atoms with Crippen LogP contribution in [-0.4, -0.2) is 17.8 Å². The minimum absolute atomic E-state index is 0.460. The molecule has 3 heteroatoms. The summed E-state index contributed by atoms with van der Waals surface area (Å²) in [5.74, 6) is 0. The second-order valence-corrected chi connectivity index (χ2v) is 7.93. The molecule has 1 aliphatic rings. The first kappa shape index (κ1) is 15.2. The van der Waals surface area contributed by atoms with Crippen LogP contribution in [0.5, 0.6) is 0 Å². The Morgan fingerprint density at radius 2 is 2.21 bits per heavy atom. The van der Waals surface area contributed by atoms with Crippen molar-refractivity contribution in [1.29, 1.82) is 0 Å². The van der Waals surface area contributed by atoms with Crippen LogP contribution in [-0.2, 0) is 0 Å². The van der Waals surface area contributed by atoms with Crippen molar-refractivity contribution in [2.75, 3.05) is 6.54 Å². The number of nitrogens with one attached hydrogen (secondary N) is 1. The van der Waals surface area contributed by atoms with E-state index in [0.29, 0.717) is 16.7 Å². The summed E-state index contributed by atoms with van der Waals surface area (Å²) in [6.45, 7) is 8.03. The summed E-state index contributed by atoms with van der Waals surface area (Å²) in [5.41, 5.74) is 0.460. The number of benzene rings is 1. The fourth-order valence-electron chi connectivity index (χ4n) is 2.86. The van der Waals surface area contributed by atoms with Crippen LogP contribution in [0.1, 0.15) is 40.0 Å². The second kappa shape index (κ2) is 6.51. The molecule has 106 valence electrons. The first-order valence-corrected chi connectivity index (χ1v) is 8.41. The predicted molar refractivity (Wildman–Crippen MR) is 86.2 cm³/mol. The van der Waals surface area contributed by atoms with Crippen molar-refractivity contribution >= 4 is 23.4 Å². The first-order chi connectivity index (χ1) is 9.00. The standard InChI is InChI=1S/C16H24ClNS/c1-4-18-14-8-9-16(2,3)11-15(14)19-13-7-5-6-12(17)10-13/h5-7,10,14-15,18H,4,8-9,11H2,1-3H3. The zero-order valence-electron chi connectivity index (χ0n) is 12.1. The van der Waals surface area contributed by atoms with Gasteiger partial charge in [0, 0.05) is 21.2 Å². The van der Waals surface area contributed by atoms with E-state index in [9.17, 15) is 0 Å². The average molecular weight is 298 g/mol. The highest BCUT2D eigenvalue weighted by molar-refractivity contribution is 8.00. The lowest BCUT2D eigenvalue weighted by atomic mass is 9.75. The van der Waals surface area contributed by atoms with Crippen LogP contribution < -0.4 is 5.32 Å². The van der Waals surface area contributed by atoms with Crippen LogP contribution in [0.15, 0.2) is 29.2 Å². The maximum atomic E-state index is 6.09. The third-order valence-electron chi connectivity index (χ3n) is 3.88. The second-order valence-electron chi connectivity index (χ2n) is 6.18. The number of rotatable bonds is 4. The minimum atomic E-state index is 0.460. The summed E-state index contributed by atoms with van der Waals surface area (Å²) < 4.78 is 0. The van der Waals surface area contributed by atoms with Crippen LogP contribution in [0.2, 0.25) is 5.02 Å². The molecule has 0 spiro atoms. The number of thioether (sulfide) groups is 1. The summed E-state index contributed by atoms with van der Waals surface area (Å²) in [6, 6.07) is 8.86. The van der Waals surface area contributed by atoms with E-state index in [1.807, 2.05) is 23.9 Å². The van der Waals surface area contributed by atoms with Crippen molar-refractivity contribution in [1.82, 2.24) is 5.32 Å². The fourth-order valence-corrected chi connectivity index (χ4v) is 4.74. The van der Waals surface area contributed by atoms with E-state index in [1.54, 1.807) is 0 Å². The van der Waals surface area contributed by atoms with E-state index in [2.05, 4.69) is 38.2 Å². The van der Waals surface area contributed by atoms with Crippen molar-refractivity contribution in [2.24, 2.45) is 5.41 Å². The van der Waals surface area contributed by atoms with E-state index in [0.717, 1.165) is 11.6 Å². The van der Waals surface area contributed by atoms with Crippen LogP contribution in [0.3, 0.4) is 0 Å². The number of halogens is 1. The molecular formula is C16H24ClNS. The van der Waals surface area contributed by atoms with Crippen molar-refractivity contribution in [3.63, 3.8) is 0 Å². The molecule has 2 rings (SSSR count). The van der Waals surface area contributed by atoms with Crippen LogP contribution in [0.25, 0.3) is 0 Å².